The third-order valence-electron chi connectivity index (χ3n) is 1.38. The van der Waals surface area contributed by atoms with E-state index in [-0.39, 0.29) is 0 Å². The van der Waals surface area contributed by atoms with E-state index in [4.69, 9.17) is 0 Å². The zero-order valence-corrected chi connectivity index (χ0v) is 5.54. The van der Waals surface area contributed by atoms with Gasteiger partial charge in [-0.25, -0.2) is 0 Å². The summed E-state index contributed by atoms with van der Waals surface area (Å²) in [5.74, 6) is 0.708. The Morgan fingerprint density at radius 3 is 3.12 bits per heavy atom. The van der Waals surface area contributed by atoms with Crippen LogP contribution in [0, 0.1) is 0 Å². The van der Waals surface area contributed by atoms with Gasteiger partial charge in [0.25, 0.3) is 0 Å². The smallest absolute Gasteiger partial charge is 0.0799 e. The molecule has 0 bridgehead atoms. The predicted molar refractivity (Wildman–Crippen MR) is 34.9 cm³/mol. The summed E-state index contributed by atoms with van der Waals surface area (Å²) >= 11 is 0.681. The molecule has 0 atom stereocenters. The Bertz CT molecular complexity index is 118. The van der Waals surface area contributed by atoms with Crippen LogP contribution >= 0.6 is 0 Å². The van der Waals surface area contributed by atoms with Crippen molar-refractivity contribution in [3.05, 3.63) is 11.6 Å². The van der Waals surface area contributed by atoms with Crippen LogP contribution in [0.4, 0.5) is 0 Å². The zero-order chi connectivity index (χ0) is 5.82. The minimum Gasteiger partial charge on any atom is -0.0799 e. The molecule has 0 radical (unpaired) electrons. The number of allylic oxidation sites excluding steroid dienone is 1. The fourth-order valence-electron chi connectivity index (χ4n) is 0.944. The van der Waals surface area contributed by atoms with Crippen LogP contribution in [0.2, 0.25) is 0 Å². The summed E-state index contributed by atoms with van der Waals surface area (Å²) in [6.07, 6.45) is 5.80. The van der Waals surface area contributed by atoms with Crippen LogP contribution in [-0.2, 0) is 15.9 Å². The average Bonchev–Trinajstić information content (AvgIpc) is 2.19. The highest BCUT2D eigenvalue weighted by molar-refractivity contribution is 7.65. The van der Waals surface area contributed by atoms with Crippen molar-refractivity contribution in [1.82, 2.24) is 0 Å². The first-order valence-electron chi connectivity index (χ1n) is 2.86. The molecule has 0 saturated heterocycles. The van der Waals surface area contributed by atoms with Crippen LogP contribution in [0.1, 0.15) is 19.3 Å². The molecular weight excluding hydrogens is 120 g/mol. The quantitative estimate of drug-likeness (QED) is 0.408. The van der Waals surface area contributed by atoms with Crippen molar-refractivity contribution < 1.29 is 4.21 Å². The molecule has 1 aliphatic carbocycles. The van der Waals surface area contributed by atoms with Crippen LogP contribution in [0.5, 0.6) is 0 Å². The molecule has 0 amide bonds. The molecule has 1 rings (SSSR count). The van der Waals surface area contributed by atoms with Crippen molar-refractivity contribution in [2.45, 2.75) is 19.3 Å². The van der Waals surface area contributed by atoms with Crippen molar-refractivity contribution in [2.24, 2.45) is 0 Å². The van der Waals surface area contributed by atoms with Gasteiger partial charge in [0.05, 0.1) is 0 Å². The molecule has 0 aromatic heterocycles. The van der Waals surface area contributed by atoms with E-state index < -0.39 is 0 Å². The van der Waals surface area contributed by atoms with Crippen LogP contribution < -0.4 is 0 Å². The van der Waals surface area contributed by atoms with Gasteiger partial charge in [-0.1, -0.05) is 6.08 Å². The Balaban J connectivity index is 2.33. The Morgan fingerprint density at radius 2 is 2.62 bits per heavy atom. The first kappa shape index (κ1) is 5.89. The maximum atomic E-state index is 9.96. The molecule has 0 aliphatic heterocycles. The van der Waals surface area contributed by atoms with Gasteiger partial charge in [0, 0.05) is 4.21 Å². The maximum absolute atomic E-state index is 9.96. The van der Waals surface area contributed by atoms with Crippen LogP contribution in [-0.4, -0.2) is 5.75 Å². The van der Waals surface area contributed by atoms with E-state index in [1.54, 1.807) is 0 Å². The molecule has 0 unspecified atom stereocenters. The van der Waals surface area contributed by atoms with E-state index in [1.807, 2.05) is 0 Å². The highest BCUT2D eigenvalue weighted by Crippen LogP contribution is 2.16. The lowest BCUT2D eigenvalue weighted by Gasteiger charge is -1.80. The first-order valence-corrected chi connectivity index (χ1v) is 3.77. The van der Waals surface area contributed by atoms with Gasteiger partial charge >= 0.3 is 11.7 Å². The normalized spacial score (nSPS) is 18.2. The van der Waals surface area contributed by atoms with E-state index in [1.165, 1.54) is 18.4 Å². The first-order chi connectivity index (χ1) is 3.93. The van der Waals surface area contributed by atoms with Gasteiger partial charge in [0.1, 0.15) is 0 Å². The minimum absolute atomic E-state index is 0.681. The lowest BCUT2D eigenvalue weighted by molar-refractivity contribution is 0.605. The lowest BCUT2D eigenvalue weighted by Crippen LogP contribution is -1.82. The average molecular weight is 129 g/mol. The fraction of sp³-hybridized carbons (Fsp3) is 0.667. The molecule has 0 heterocycles. The summed E-state index contributed by atoms with van der Waals surface area (Å²) in [6, 6.07) is 0. The molecule has 44 valence electrons. The molecule has 0 saturated carbocycles. The van der Waals surface area contributed by atoms with Gasteiger partial charge in [-0.05, 0) is 24.8 Å². The summed E-state index contributed by atoms with van der Waals surface area (Å²) in [4.78, 5) is 0. The highest BCUT2D eigenvalue weighted by atomic mass is 32.1. The van der Waals surface area contributed by atoms with Crippen LogP contribution in [0.15, 0.2) is 11.6 Å². The highest BCUT2D eigenvalue weighted by Gasteiger charge is 2.09. The van der Waals surface area contributed by atoms with Crippen LogP contribution in [0.25, 0.3) is 0 Å². The lowest BCUT2D eigenvalue weighted by atomic mass is 10.3. The standard InChI is InChI=1S/C6H9OS/c7-8-5-6-3-1-2-4-6/h3H,1-2,4-5H2/q+1. The van der Waals surface area contributed by atoms with Crippen molar-refractivity contribution in [2.75, 3.05) is 5.75 Å². The monoisotopic (exact) mass is 129 g/mol. The summed E-state index contributed by atoms with van der Waals surface area (Å²) < 4.78 is 9.96. The maximum Gasteiger partial charge on any atom is 0.463 e. The topological polar surface area (TPSA) is 17.1 Å². The Morgan fingerprint density at radius 1 is 1.75 bits per heavy atom. The van der Waals surface area contributed by atoms with Crippen molar-refractivity contribution in [3.8, 4) is 0 Å². The van der Waals surface area contributed by atoms with Crippen molar-refractivity contribution in [3.63, 3.8) is 0 Å². The molecule has 0 aromatic carbocycles. The second kappa shape index (κ2) is 2.92. The summed E-state index contributed by atoms with van der Waals surface area (Å²) in [5, 5.41) is 0. The Kier molecular flexibility index (Phi) is 2.15. The van der Waals surface area contributed by atoms with Crippen molar-refractivity contribution in [1.29, 1.82) is 0 Å². The summed E-state index contributed by atoms with van der Waals surface area (Å²) in [7, 11) is 0. The van der Waals surface area contributed by atoms with Crippen LogP contribution in [0.3, 0.4) is 0 Å². The van der Waals surface area contributed by atoms with E-state index in [9.17, 15) is 4.21 Å². The summed E-state index contributed by atoms with van der Waals surface area (Å²) in [6.45, 7) is 0. The molecule has 1 nitrogen and oxygen atoms in total. The molecular formula is C6H9OS+. The largest absolute Gasteiger partial charge is 0.463 e. The molecule has 0 N–H and O–H groups in total. The number of rotatable bonds is 2. The molecule has 1 aliphatic rings. The van der Waals surface area contributed by atoms with Gasteiger partial charge in [-0.2, -0.15) is 0 Å². The van der Waals surface area contributed by atoms with E-state index >= 15 is 0 Å². The summed E-state index contributed by atoms with van der Waals surface area (Å²) in [5.41, 5.74) is 1.35. The van der Waals surface area contributed by atoms with Gasteiger partial charge in [0.15, 0.2) is 0 Å². The van der Waals surface area contributed by atoms with Gasteiger partial charge in [-0.3, -0.25) is 0 Å². The second-order valence-corrected chi connectivity index (χ2v) is 2.54. The molecule has 0 spiro atoms. The number of hydrogen-bond acceptors (Lipinski definition) is 1. The Hall–Kier alpha value is -0.240. The number of hydrogen-bond donors (Lipinski definition) is 0. The van der Waals surface area contributed by atoms with E-state index in [0.29, 0.717) is 17.4 Å². The van der Waals surface area contributed by atoms with Crippen molar-refractivity contribution >= 4 is 11.7 Å². The predicted octanol–water partition coefficient (Wildman–Crippen LogP) is 1.52. The fourth-order valence-corrected chi connectivity index (χ4v) is 1.36. The molecule has 0 aromatic rings. The third-order valence-corrected chi connectivity index (χ3v) is 1.87. The minimum atomic E-state index is 0.681. The molecule has 0 fully saturated rings. The van der Waals surface area contributed by atoms with Gasteiger partial charge in [-0.15, -0.1) is 0 Å². The van der Waals surface area contributed by atoms with E-state index in [2.05, 4.69) is 6.08 Å². The van der Waals surface area contributed by atoms with Gasteiger partial charge in [0.2, 0.25) is 5.75 Å². The van der Waals surface area contributed by atoms with E-state index in [0.717, 1.165) is 6.42 Å². The van der Waals surface area contributed by atoms with Gasteiger partial charge < -0.3 is 0 Å². The SMILES string of the molecule is O=[S+]CC1=CCCC1. The second-order valence-electron chi connectivity index (χ2n) is 2.02. The third kappa shape index (κ3) is 1.37. The molecule has 2 heteroatoms. The molecule has 8 heavy (non-hydrogen) atoms. The zero-order valence-electron chi connectivity index (χ0n) is 4.72. The Labute approximate surface area is 53.3 Å².